The summed E-state index contributed by atoms with van der Waals surface area (Å²) in [5.41, 5.74) is 6.34. The van der Waals surface area contributed by atoms with Gasteiger partial charge in [-0.25, -0.2) is 0 Å². The van der Waals surface area contributed by atoms with Gasteiger partial charge in [0.2, 0.25) is 5.91 Å². The van der Waals surface area contributed by atoms with E-state index in [1.54, 1.807) is 0 Å². The number of amides is 1. The second-order valence-electron chi connectivity index (χ2n) is 4.69. The van der Waals surface area contributed by atoms with Gasteiger partial charge in [0, 0.05) is 24.5 Å². The maximum absolute atomic E-state index is 11.6. The van der Waals surface area contributed by atoms with Crippen LogP contribution in [0.4, 0.5) is 0 Å². The third kappa shape index (κ3) is 4.16. The molecule has 4 heteroatoms. The van der Waals surface area contributed by atoms with Gasteiger partial charge < -0.3 is 15.6 Å². The van der Waals surface area contributed by atoms with Gasteiger partial charge in [0.25, 0.3) is 0 Å². The summed E-state index contributed by atoms with van der Waals surface area (Å²) in [5, 5.41) is 2.90. The van der Waals surface area contributed by atoms with Gasteiger partial charge in [-0.3, -0.25) is 4.79 Å². The first-order chi connectivity index (χ1) is 6.90. The maximum Gasteiger partial charge on any atom is 0.240 e. The standard InChI is InChI=1S/C11H19N3O/c1-11(2,3)13-10(15)8-14-5-4-9(6-12)7-14/h4-5,7H,6,8,12H2,1-3H3,(H,13,15). The molecule has 1 aromatic rings. The second kappa shape index (κ2) is 4.49. The fourth-order valence-corrected chi connectivity index (χ4v) is 1.33. The van der Waals surface area contributed by atoms with E-state index in [0.717, 1.165) is 5.56 Å². The molecule has 0 aromatic carbocycles. The SMILES string of the molecule is CC(C)(C)NC(=O)Cn1ccc(CN)c1. The van der Waals surface area contributed by atoms with E-state index in [1.165, 1.54) is 0 Å². The molecular weight excluding hydrogens is 190 g/mol. The molecule has 4 nitrogen and oxygen atoms in total. The Bertz CT molecular complexity index is 336. The Morgan fingerprint density at radius 2 is 2.20 bits per heavy atom. The van der Waals surface area contributed by atoms with Crippen LogP contribution in [0.5, 0.6) is 0 Å². The molecule has 1 rings (SSSR count). The van der Waals surface area contributed by atoms with Gasteiger partial charge in [-0.05, 0) is 32.4 Å². The Hall–Kier alpha value is -1.29. The highest BCUT2D eigenvalue weighted by molar-refractivity contribution is 5.76. The molecule has 1 heterocycles. The molecular formula is C11H19N3O. The molecule has 0 fully saturated rings. The average molecular weight is 209 g/mol. The Balaban J connectivity index is 2.51. The average Bonchev–Trinajstić information content (AvgIpc) is 2.48. The lowest BCUT2D eigenvalue weighted by atomic mass is 10.1. The van der Waals surface area contributed by atoms with Crippen LogP contribution in [0.15, 0.2) is 18.5 Å². The van der Waals surface area contributed by atoms with Crippen LogP contribution in [0.25, 0.3) is 0 Å². The highest BCUT2D eigenvalue weighted by Crippen LogP contribution is 2.02. The molecule has 1 amide bonds. The summed E-state index contributed by atoms with van der Waals surface area (Å²) in [6, 6.07) is 1.92. The first-order valence-electron chi connectivity index (χ1n) is 5.06. The van der Waals surface area contributed by atoms with Crippen molar-refractivity contribution in [3.05, 3.63) is 24.0 Å². The minimum atomic E-state index is -0.180. The van der Waals surface area contributed by atoms with E-state index in [4.69, 9.17) is 5.73 Å². The summed E-state index contributed by atoms with van der Waals surface area (Å²) >= 11 is 0. The first kappa shape index (κ1) is 11.8. The van der Waals surface area contributed by atoms with Crippen LogP contribution in [0, 0.1) is 0 Å². The van der Waals surface area contributed by atoms with Crippen molar-refractivity contribution in [1.82, 2.24) is 9.88 Å². The van der Waals surface area contributed by atoms with E-state index < -0.39 is 0 Å². The van der Waals surface area contributed by atoms with E-state index in [0.29, 0.717) is 13.1 Å². The molecule has 0 bridgehead atoms. The smallest absolute Gasteiger partial charge is 0.240 e. The van der Waals surface area contributed by atoms with Crippen molar-refractivity contribution in [1.29, 1.82) is 0 Å². The van der Waals surface area contributed by atoms with Crippen molar-refractivity contribution in [3.63, 3.8) is 0 Å². The van der Waals surface area contributed by atoms with Gasteiger partial charge >= 0.3 is 0 Å². The summed E-state index contributed by atoms with van der Waals surface area (Å²) in [7, 11) is 0. The number of nitrogens with zero attached hydrogens (tertiary/aromatic N) is 1. The summed E-state index contributed by atoms with van der Waals surface area (Å²) in [4.78, 5) is 11.6. The van der Waals surface area contributed by atoms with Crippen molar-refractivity contribution in [2.24, 2.45) is 5.73 Å². The van der Waals surface area contributed by atoms with Crippen LogP contribution < -0.4 is 11.1 Å². The fraction of sp³-hybridized carbons (Fsp3) is 0.545. The van der Waals surface area contributed by atoms with Gasteiger partial charge in [0.15, 0.2) is 0 Å². The van der Waals surface area contributed by atoms with Crippen LogP contribution in [-0.4, -0.2) is 16.0 Å². The first-order valence-corrected chi connectivity index (χ1v) is 5.06. The number of hydrogen-bond donors (Lipinski definition) is 2. The largest absolute Gasteiger partial charge is 0.350 e. The molecule has 84 valence electrons. The van der Waals surface area contributed by atoms with Crippen LogP contribution in [0.1, 0.15) is 26.3 Å². The molecule has 0 aliphatic carbocycles. The van der Waals surface area contributed by atoms with Crippen molar-refractivity contribution in [2.45, 2.75) is 39.4 Å². The molecule has 0 radical (unpaired) electrons. The quantitative estimate of drug-likeness (QED) is 0.775. The Morgan fingerprint density at radius 3 is 2.67 bits per heavy atom. The highest BCUT2D eigenvalue weighted by atomic mass is 16.2. The third-order valence-electron chi connectivity index (χ3n) is 1.89. The summed E-state index contributed by atoms with van der Waals surface area (Å²) in [6.07, 6.45) is 3.76. The Morgan fingerprint density at radius 1 is 1.53 bits per heavy atom. The molecule has 3 N–H and O–H groups in total. The third-order valence-corrected chi connectivity index (χ3v) is 1.89. The van der Waals surface area contributed by atoms with Crippen molar-refractivity contribution in [3.8, 4) is 0 Å². The molecule has 0 aliphatic heterocycles. The number of carbonyl (C=O) groups is 1. The van der Waals surface area contributed by atoms with E-state index in [9.17, 15) is 4.79 Å². The molecule has 0 saturated carbocycles. The predicted octanol–water partition coefficient (Wildman–Crippen LogP) is 0.861. The van der Waals surface area contributed by atoms with Gasteiger partial charge in [-0.1, -0.05) is 0 Å². The zero-order valence-corrected chi connectivity index (χ0v) is 9.58. The van der Waals surface area contributed by atoms with E-state index in [1.807, 2.05) is 43.8 Å². The van der Waals surface area contributed by atoms with E-state index >= 15 is 0 Å². The molecule has 1 aromatic heterocycles. The Labute approximate surface area is 90.5 Å². The van der Waals surface area contributed by atoms with Gasteiger partial charge in [0.1, 0.15) is 6.54 Å². The molecule has 0 spiro atoms. The summed E-state index contributed by atoms with van der Waals surface area (Å²) in [6.45, 7) is 6.74. The second-order valence-corrected chi connectivity index (χ2v) is 4.69. The van der Waals surface area contributed by atoms with Gasteiger partial charge in [-0.2, -0.15) is 0 Å². The van der Waals surface area contributed by atoms with Crippen LogP contribution >= 0.6 is 0 Å². The molecule has 15 heavy (non-hydrogen) atoms. The van der Waals surface area contributed by atoms with Gasteiger partial charge in [-0.15, -0.1) is 0 Å². The number of hydrogen-bond acceptors (Lipinski definition) is 2. The Kier molecular flexibility index (Phi) is 3.52. The zero-order valence-electron chi connectivity index (χ0n) is 9.58. The lowest BCUT2D eigenvalue weighted by molar-refractivity contribution is -0.123. The fourth-order valence-electron chi connectivity index (χ4n) is 1.33. The minimum Gasteiger partial charge on any atom is -0.350 e. The monoisotopic (exact) mass is 209 g/mol. The van der Waals surface area contributed by atoms with E-state index in [2.05, 4.69) is 5.32 Å². The van der Waals surface area contributed by atoms with Crippen molar-refractivity contribution < 1.29 is 4.79 Å². The normalized spacial score (nSPS) is 11.5. The number of rotatable bonds is 3. The lowest BCUT2D eigenvalue weighted by Crippen LogP contribution is -2.42. The number of aromatic nitrogens is 1. The van der Waals surface area contributed by atoms with Gasteiger partial charge in [0.05, 0.1) is 0 Å². The van der Waals surface area contributed by atoms with Crippen molar-refractivity contribution >= 4 is 5.91 Å². The zero-order chi connectivity index (χ0) is 11.5. The predicted molar refractivity (Wildman–Crippen MR) is 60.2 cm³/mol. The molecule has 0 aliphatic rings. The van der Waals surface area contributed by atoms with E-state index in [-0.39, 0.29) is 11.4 Å². The molecule has 0 atom stereocenters. The minimum absolute atomic E-state index is 0.0154. The summed E-state index contributed by atoms with van der Waals surface area (Å²) in [5.74, 6) is 0.0154. The maximum atomic E-state index is 11.6. The topological polar surface area (TPSA) is 60.0 Å². The van der Waals surface area contributed by atoms with Crippen LogP contribution in [-0.2, 0) is 17.9 Å². The number of carbonyl (C=O) groups excluding carboxylic acids is 1. The van der Waals surface area contributed by atoms with Crippen molar-refractivity contribution in [2.75, 3.05) is 0 Å². The van der Waals surface area contributed by atoms with Crippen LogP contribution in [0.3, 0.4) is 0 Å². The number of nitrogens with two attached hydrogens (primary N) is 1. The highest BCUT2D eigenvalue weighted by Gasteiger charge is 2.13. The van der Waals surface area contributed by atoms with Crippen LogP contribution in [0.2, 0.25) is 0 Å². The number of nitrogens with one attached hydrogen (secondary N) is 1. The molecule has 0 unspecified atom stereocenters. The lowest BCUT2D eigenvalue weighted by Gasteiger charge is -2.20. The summed E-state index contributed by atoms with van der Waals surface area (Å²) < 4.78 is 1.84. The molecule has 0 saturated heterocycles.